The van der Waals surface area contributed by atoms with Crippen LogP contribution in [0.15, 0.2) is 59.3 Å². The van der Waals surface area contributed by atoms with Crippen molar-refractivity contribution in [3.63, 3.8) is 0 Å². The number of aromatic nitrogens is 1. The van der Waals surface area contributed by atoms with Crippen LogP contribution in [-0.4, -0.2) is 15.8 Å². The minimum absolute atomic E-state index is 0.0252. The number of amides is 1. The zero-order valence-corrected chi connectivity index (χ0v) is 15.5. The third-order valence-corrected chi connectivity index (χ3v) is 4.46. The number of aryl methyl sites for hydroxylation is 3. The van der Waals surface area contributed by atoms with Crippen LogP contribution in [0.5, 0.6) is 0 Å². The fourth-order valence-electron chi connectivity index (χ4n) is 3.03. The van der Waals surface area contributed by atoms with Gasteiger partial charge in [0.1, 0.15) is 11.5 Å². The van der Waals surface area contributed by atoms with E-state index in [1.165, 1.54) is 5.56 Å². The highest BCUT2D eigenvalue weighted by Gasteiger charge is 2.21. The molecule has 0 saturated heterocycles. The maximum atomic E-state index is 13.2. The van der Waals surface area contributed by atoms with Crippen molar-refractivity contribution in [1.82, 2.24) is 9.88 Å². The lowest BCUT2D eigenvalue weighted by Gasteiger charge is -2.23. The summed E-state index contributed by atoms with van der Waals surface area (Å²) in [7, 11) is 0. The minimum atomic E-state index is -0.0252. The van der Waals surface area contributed by atoms with Crippen molar-refractivity contribution in [2.24, 2.45) is 0 Å². The Balaban J connectivity index is 1.87. The topological polar surface area (TPSA) is 46.3 Å². The first-order valence-electron chi connectivity index (χ1n) is 8.90. The summed E-state index contributed by atoms with van der Waals surface area (Å²) in [6.45, 7) is 6.88. The van der Waals surface area contributed by atoms with Crippen LogP contribution in [-0.2, 0) is 19.5 Å². The number of pyridine rings is 1. The summed E-state index contributed by atoms with van der Waals surface area (Å²) in [5, 5.41) is 0. The number of furan rings is 1. The van der Waals surface area contributed by atoms with Gasteiger partial charge in [-0.1, -0.05) is 37.3 Å². The van der Waals surface area contributed by atoms with Gasteiger partial charge in [0.15, 0.2) is 0 Å². The molecule has 3 rings (SSSR count). The molecule has 0 atom stereocenters. The summed E-state index contributed by atoms with van der Waals surface area (Å²) in [5.74, 6) is 1.38. The molecule has 134 valence electrons. The molecular weight excluding hydrogens is 324 g/mol. The van der Waals surface area contributed by atoms with Gasteiger partial charge >= 0.3 is 0 Å². The number of carbonyl (C=O) groups is 1. The number of nitrogens with zero attached hydrogens (tertiary/aromatic N) is 2. The Bertz CT molecular complexity index is 867. The smallest absolute Gasteiger partial charge is 0.258 e. The Kier molecular flexibility index (Phi) is 5.52. The van der Waals surface area contributed by atoms with E-state index in [0.29, 0.717) is 24.4 Å². The van der Waals surface area contributed by atoms with Crippen molar-refractivity contribution >= 4 is 5.91 Å². The van der Waals surface area contributed by atoms with Gasteiger partial charge in [0.25, 0.3) is 5.91 Å². The van der Waals surface area contributed by atoms with E-state index in [-0.39, 0.29) is 5.91 Å². The average Bonchev–Trinajstić information content (AvgIpc) is 3.00. The molecular formula is C22H24N2O2. The lowest BCUT2D eigenvalue weighted by molar-refractivity contribution is 0.0728. The number of benzene rings is 1. The monoisotopic (exact) mass is 348 g/mol. The molecule has 0 N–H and O–H groups in total. The van der Waals surface area contributed by atoms with Gasteiger partial charge in [-0.05, 0) is 49.1 Å². The summed E-state index contributed by atoms with van der Waals surface area (Å²) in [4.78, 5) is 19.2. The van der Waals surface area contributed by atoms with E-state index in [1.807, 2.05) is 36.9 Å². The third kappa shape index (κ3) is 4.20. The molecule has 1 amide bonds. The van der Waals surface area contributed by atoms with Crippen molar-refractivity contribution in [3.05, 3.63) is 88.6 Å². The van der Waals surface area contributed by atoms with Crippen molar-refractivity contribution in [3.8, 4) is 0 Å². The fourth-order valence-corrected chi connectivity index (χ4v) is 3.03. The van der Waals surface area contributed by atoms with Crippen LogP contribution < -0.4 is 0 Å². The first-order chi connectivity index (χ1) is 12.6. The van der Waals surface area contributed by atoms with E-state index in [1.54, 1.807) is 12.4 Å². The maximum Gasteiger partial charge on any atom is 0.258 e. The lowest BCUT2D eigenvalue weighted by atomic mass is 10.1. The quantitative estimate of drug-likeness (QED) is 0.649. The predicted octanol–water partition coefficient (Wildman–Crippen LogP) is 4.70. The van der Waals surface area contributed by atoms with Gasteiger partial charge in [0, 0.05) is 25.5 Å². The molecule has 0 fully saturated rings. The summed E-state index contributed by atoms with van der Waals surface area (Å²) in [6.07, 6.45) is 4.54. The van der Waals surface area contributed by atoms with Crippen LogP contribution in [0.3, 0.4) is 0 Å². The first-order valence-corrected chi connectivity index (χ1v) is 8.90. The van der Waals surface area contributed by atoms with Gasteiger partial charge < -0.3 is 9.32 Å². The van der Waals surface area contributed by atoms with Crippen molar-refractivity contribution in [2.45, 2.75) is 40.3 Å². The van der Waals surface area contributed by atoms with Crippen LogP contribution in [0.4, 0.5) is 0 Å². The van der Waals surface area contributed by atoms with E-state index in [2.05, 4.69) is 36.2 Å². The molecule has 4 nitrogen and oxygen atoms in total. The van der Waals surface area contributed by atoms with Gasteiger partial charge in [0.05, 0.1) is 5.56 Å². The number of carbonyl (C=O) groups excluding carboxylic acids is 1. The Morgan fingerprint density at radius 3 is 2.31 bits per heavy atom. The van der Waals surface area contributed by atoms with Crippen molar-refractivity contribution < 1.29 is 9.21 Å². The minimum Gasteiger partial charge on any atom is -0.466 e. The molecule has 0 bridgehead atoms. The Hall–Kier alpha value is -2.88. The second-order valence-electron chi connectivity index (χ2n) is 6.52. The van der Waals surface area contributed by atoms with E-state index >= 15 is 0 Å². The highest BCUT2D eigenvalue weighted by atomic mass is 16.3. The Labute approximate surface area is 154 Å². The molecule has 0 aliphatic carbocycles. The Morgan fingerprint density at radius 2 is 1.73 bits per heavy atom. The van der Waals surface area contributed by atoms with E-state index in [9.17, 15) is 4.79 Å². The molecule has 2 heterocycles. The van der Waals surface area contributed by atoms with Crippen LogP contribution in [0.25, 0.3) is 0 Å². The molecule has 0 aliphatic heterocycles. The number of hydrogen-bond donors (Lipinski definition) is 0. The zero-order chi connectivity index (χ0) is 18.5. The molecule has 0 saturated carbocycles. The van der Waals surface area contributed by atoms with Crippen LogP contribution in [0, 0.1) is 13.8 Å². The maximum absolute atomic E-state index is 13.2. The van der Waals surface area contributed by atoms with Gasteiger partial charge in [-0.25, -0.2) is 0 Å². The molecule has 0 spiro atoms. The predicted molar refractivity (Wildman–Crippen MR) is 102 cm³/mol. The molecule has 4 heteroatoms. The van der Waals surface area contributed by atoms with Crippen LogP contribution in [0.1, 0.15) is 45.5 Å². The molecule has 26 heavy (non-hydrogen) atoms. The second-order valence-corrected chi connectivity index (χ2v) is 6.52. The highest BCUT2D eigenvalue weighted by Crippen LogP contribution is 2.19. The second kappa shape index (κ2) is 8.00. The van der Waals surface area contributed by atoms with E-state index in [0.717, 1.165) is 23.3 Å². The van der Waals surface area contributed by atoms with Gasteiger partial charge in [-0.3, -0.25) is 9.78 Å². The van der Waals surface area contributed by atoms with E-state index in [4.69, 9.17) is 4.42 Å². The third-order valence-electron chi connectivity index (χ3n) is 4.46. The van der Waals surface area contributed by atoms with Gasteiger partial charge in [-0.15, -0.1) is 0 Å². The molecule has 0 radical (unpaired) electrons. The molecule has 0 unspecified atom stereocenters. The molecule has 0 aliphatic rings. The Morgan fingerprint density at radius 1 is 1.04 bits per heavy atom. The standard InChI is InChI=1S/C22H24N2O2/c1-4-18-7-9-19(10-8-18)14-24(15-20-6-5-11-23-13-20)22(25)21-12-16(2)26-17(21)3/h5-13H,4,14-15H2,1-3H3. The fraction of sp³-hybridized carbons (Fsp3) is 0.273. The summed E-state index contributed by atoms with van der Waals surface area (Å²) >= 11 is 0. The van der Waals surface area contributed by atoms with E-state index < -0.39 is 0 Å². The van der Waals surface area contributed by atoms with Crippen LogP contribution >= 0.6 is 0 Å². The van der Waals surface area contributed by atoms with Gasteiger partial charge in [-0.2, -0.15) is 0 Å². The highest BCUT2D eigenvalue weighted by molar-refractivity contribution is 5.95. The molecule has 3 aromatic rings. The van der Waals surface area contributed by atoms with Gasteiger partial charge in [0.2, 0.25) is 0 Å². The zero-order valence-electron chi connectivity index (χ0n) is 15.5. The van der Waals surface area contributed by atoms with Crippen molar-refractivity contribution in [1.29, 1.82) is 0 Å². The first kappa shape index (κ1) is 17.9. The SMILES string of the molecule is CCc1ccc(CN(Cc2cccnc2)C(=O)c2cc(C)oc2C)cc1. The molecule has 2 aromatic heterocycles. The summed E-state index contributed by atoms with van der Waals surface area (Å²) in [5.41, 5.74) is 4.03. The lowest BCUT2D eigenvalue weighted by Crippen LogP contribution is -2.30. The largest absolute Gasteiger partial charge is 0.466 e. The molecule has 1 aromatic carbocycles. The summed E-state index contributed by atoms with van der Waals surface area (Å²) < 4.78 is 5.56. The van der Waals surface area contributed by atoms with Crippen molar-refractivity contribution in [2.75, 3.05) is 0 Å². The number of rotatable bonds is 6. The summed E-state index contributed by atoms with van der Waals surface area (Å²) in [6, 6.07) is 14.1. The average molecular weight is 348 g/mol. The number of hydrogen-bond acceptors (Lipinski definition) is 3. The normalized spacial score (nSPS) is 10.7. The van der Waals surface area contributed by atoms with Crippen LogP contribution in [0.2, 0.25) is 0 Å².